The summed E-state index contributed by atoms with van der Waals surface area (Å²) in [4.78, 5) is 13.7. The molecule has 3 aliphatic rings. The summed E-state index contributed by atoms with van der Waals surface area (Å²) in [6.45, 7) is 2.05. The minimum absolute atomic E-state index is 0. The first-order valence-electron chi connectivity index (χ1n) is 16.0. The van der Waals surface area contributed by atoms with Crippen molar-refractivity contribution in [1.29, 1.82) is 0 Å². The molecule has 1 aliphatic heterocycles. The molecule has 2 aliphatic carbocycles. The molecule has 0 amide bonds. The van der Waals surface area contributed by atoms with Gasteiger partial charge in [-0.15, -0.1) is 12.4 Å². The van der Waals surface area contributed by atoms with Crippen LogP contribution in [0, 0.1) is 17.4 Å². The lowest BCUT2D eigenvalue weighted by molar-refractivity contribution is 0.105. The number of para-hydroxylation sites is 2. The molecule has 5 aromatic carbocycles. The number of carbonyl (C=O) groups excluding carboxylic acids is 1. The molecule has 0 radical (unpaired) electrons. The van der Waals surface area contributed by atoms with E-state index in [9.17, 15) is 4.79 Å². The third-order valence-electron chi connectivity index (χ3n) is 9.07. The number of hydrogen-bond acceptors (Lipinski definition) is 3. The van der Waals surface area contributed by atoms with Crippen LogP contribution in [0.5, 0.6) is 0 Å². The maximum Gasteiger partial charge on any atom is 0.189 e. The van der Waals surface area contributed by atoms with Crippen molar-refractivity contribution in [2.45, 2.75) is 32.6 Å². The topological polar surface area (TPSA) is 41.1 Å². The van der Waals surface area contributed by atoms with Gasteiger partial charge in [-0.25, -0.2) is 0 Å². The van der Waals surface area contributed by atoms with Gasteiger partial charge in [-0.05, 0) is 118 Å². The molecule has 8 rings (SSSR count). The summed E-state index contributed by atoms with van der Waals surface area (Å²) in [5.41, 5.74) is 9.45. The predicted molar refractivity (Wildman–Crippen MR) is 205 cm³/mol. The fourth-order valence-electron chi connectivity index (χ4n) is 6.66. The van der Waals surface area contributed by atoms with Gasteiger partial charge in [0, 0.05) is 33.7 Å². The second-order valence-corrected chi connectivity index (χ2v) is 12.8. The molecule has 0 aromatic heterocycles. The molecular formula is C42H35Cl3N2O. The van der Waals surface area contributed by atoms with Crippen molar-refractivity contribution in [3.05, 3.63) is 174 Å². The van der Waals surface area contributed by atoms with E-state index in [1.165, 1.54) is 27.1 Å². The summed E-state index contributed by atoms with van der Waals surface area (Å²) in [5, 5.41) is 12.5. The monoisotopic (exact) mass is 688 g/mol. The first-order chi connectivity index (χ1) is 23.0. The van der Waals surface area contributed by atoms with E-state index >= 15 is 0 Å². The average Bonchev–Trinajstić information content (AvgIpc) is 3.35. The van der Waals surface area contributed by atoms with Crippen molar-refractivity contribution in [3.8, 4) is 0 Å². The van der Waals surface area contributed by atoms with Gasteiger partial charge < -0.3 is 10.6 Å². The molecule has 0 atom stereocenters. The zero-order chi connectivity index (χ0) is 32.3. The van der Waals surface area contributed by atoms with Gasteiger partial charge in [0.2, 0.25) is 0 Å². The van der Waals surface area contributed by atoms with E-state index in [4.69, 9.17) is 23.2 Å². The van der Waals surface area contributed by atoms with Gasteiger partial charge in [-0.1, -0.05) is 102 Å². The molecule has 5 aromatic rings. The van der Waals surface area contributed by atoms with Gasteiger partial charge in [0.15, 0.2) is 5.78 Å². The highest BCUT2D eigenvalue weighted by molar-refractivity contribution is 6.34. The summed E-state index contributed by atoms with van der Waals surface area (Å²) in [7, 11) is 0. The van der Waals surface area contributed by atoms with Crippen molar-refractivity contribution in [2.24, 2.45) is 0 Å². The van der Waals surface area contributed by atoms with Gasteiger partial charge in [0.1, 0.15) is 0 Å². The van der Waals surface area contributed by atoms with Crippen molar-refractivity contribution in [3.63, 3.8) is 0 Å². The summed E-state index contributed by atoms with van der Waals surface area (Å²) in [5.74, 6) is 0.0588. The number of nitrogens with one attached hydrogen (secondary N) is 2. The molecule has 0 fully saturated rings. The van der Waals surface area contributed by atoms with Crippen LogP contribution in [0.2, 0.25) is 10.0 Å². The van der Waals surface area contributed by atoms with Crippen LogP contribution in [0.25, 0.3) is 17.7 Å². The zero-order valence-electron chi connectivity index (χ0n) is 26.5. The molecule has 6 heteroatoms. The fraction of sp³-hybridized carbons (Fsp3) is 0.119. The Morgan fingerprint density at radius 3 is 2.42 bits per heavy atom. The lowest BCUT2D eigenvalue weighted by atomic mass is 9.84. The summed E-state index contributed by atoms with van der Waals surface area (Å²) in [6, 6.07) is 32.2. The van der Waals surface area contributed by atoms with E-state index in [2.05, 4.69) is 66.1 Å². The van der Waals surface area contributed by atoms with E-state index in [1.807, 2.05) is 72.9 Å². The minimum atomic E-state index is 0. The van der Waals surface area contributed by atoms with Crippen molar-refractivity contribution >= 4 is 76.2 Å². The number of halogens is 3. The highest BCUT2D eigenvalue weighted by atomic mass is 35.5. The largest absolute Gasteiger partial charge is 0.361 e. The predicted octanol–water partition coefficient (Wildman–Crippen LogP) is 10.1. The third-order valence-corrected chi connectivity index (χ3v) is 9.71. The highest BCUT2D eigenvalue weighted by Gasteiger charge is 2.21. The normalized spacial score (nSPS) is 13.4. The number of ketones is 1. The van der Waals surface area contributed by atoms with Gasteiger partial charge in [-0.3, -0.25) is 4.79 Å². The average molecular weight is 690 g/mol. The Labute approximate surface area is 297 Å². The Balaban J connectivity index is 0.000000283. The molecule has 3 nitrogen and oxygen atoms in total. The molecule has 48 heavy (non-hydrogen) atoms. The molecule has 0 saturated carbocycles. The van der Waals surface area contributed by atoms with E-state index in [0.29, 0.717) is 10.6 Å². The Bertz CT molecular complexity index is 2320. The van der Waals surface area contributed by atoms with Crippen LogP contribution in [0.3, 0.4) is 0 Å². The van der Waals surface area contributed by atoms with Crippen molar-refractivity contribution in [2.75, 3.05) is 10.6 Å². The van der Waals surface area contributed by atoms with Gasteiger partial charge in [0.05, 0.1) is 10.7 Å². The Morgan fingerprint density at radius 1 is 0.750 bits per heavy atom. The highest BCUT2D eigenvalue weighted by Crippen LogP contribution is 2.30. The summed E-state index contributed by atoms with van der Waals surface area (Å²) >= 11 is 13.1. The lowest BCUT2D eigenvalue weighted by Crippen LogP contribution is -2.26. The molecule has 2 N–H and O–H groups in total. The van der Waals surface area contributed by atoms with Crippen molar-refractivity contribution in [1.82, 2.24) is 0 Å². The number of aryl methyl sites for hydroxylation is 1. The number of carbonyl (C=O) groups is 1. The smallest absolute Gasteiger partial charge is 0.189 e. The number of allylic oxidation sites excluding steroid dienone is 2. The maximum absolute atomic E-state index is 13.7. The molecule has 0 bridgehead atoms. The van der Waals surface area contributed by atoms with Gasteiger partial charge in [-0.2, -0.15) is 0 Å². The van der Waals surface area contributed by atoms with Crippen LogP contribution < -0.4 is 21.1 Å². The number of hydrogen-bond donors (Lipinski definition) is 2. The Morgan fingerprint density at radius 2 is 1.56 bits per heavy atom. The third kappa shape index (κ3) is 6.73. The standard InChI is InChI=1S/C32H25Cl2NO.C10H9N.ClH/c1-19-6-2-3-11-30(19)35-31-17-12-20(18-29(31)34)32(36)27-9-4-7-21-23-15-16-26-22(8-5-10-28(26)33)24(23)13-14-25(21)27;1-2-7-10-9(5-1)6-3-4-8-11-10;/h2-3,5-6,8,10-14,16-18,35H,4,7,9,15H2,1H3;1-8,11H;1H. The minimum Gasteiger partial charge on any atom is -0.361 e. The van der Waals surface area contributed by atoms with Crippen LogP contribution in [0.4, 0.5) is 17.1 Å². The number of benzene rings is 5. The fourth-order valence-corrected chi connectivity index (χ4v) is 7.14. The second-order valence-electron chi connectivity index (χ2n) is 12.0. The van der Waals surface area contributed by atoms with Crippen LogP contribution in [-0.2, 0) is 12.8 Å². The van der Waals surface area contributed by atoms with Crippen LogP contribution in [0.15, 0.2) is 115 Å². The van der Waals surface area contributed by atoms with E-state index < -0.39 is 0 Å². The first-order valence-corrected chi connectivity index (χ1v) is 16.7. The number of rotatable bonds is 4. The van der Waals surface area contributed by atoms with Crippen LogP contribution in [0.1, 0.15) is 45.5 Å². The molecule has 0 unspecified atom stereocenters. The molecular weight excluding hydrogens is 655 g/mol. The molecule has 1 heterocycles. The van der Waals surface area contributed by atoms with E-state index in [1.54, 1.807) is 6.07 Å². The van der Waals surface area contributed by atoms with Gasteiger partial charge >= 0.3 is 0 Å². The van der Waals surface area contributed by atoms with E-state index in [0.717, 1.165) is 69.3 Å². The van der Waals surface area contributed by atoms with E-state index in [-0.39, 0.29) is 18.2 Å². The summed E-state index contributed by atoms with van der Waals surface area (Å²) < 4.78 is 0. The summed E-state index contributed by atoms with van der Waals surface area (Å²) in [6.07, 6.45) is 13.8. The quantitative estimate of drug-likeness (QED) is 0.185. The van der Waals surface area contributed by atoms with Gasteiger partial charge in [0.25, 0.3) is 0 Å². The van der Waals surface area contributed by atoms with Crippen LogP contribution >= 0.6 is 35.6 Å². The van der Waals surface area contributed by atoms with Crippen molar-refractivity contribution < 1.29 is 4.79 Å². The SMILES string of the molecule is C1=CNc2ccccc2C=C1.Cc1ccccc1Nc1ccc(C(=O)C2=c3ccc4c(c3CCC2)CC=c2c(Cl)cccc2=4)cc1Cl.Cl. The number of anilines is 3. The van der Waals surface area contributed by atoms with Crippen LogP contribution in [-0.4, -0.2) is 5.78 Å². The maximum atomic E-state index is 13.7. The number of Topliss-reactive ketones (excluding diaryl/α,β-unsaturated/α-hetero) is 1. The molecule has 0 saturated heterocycles. The zero-order valence-corrected chi connectivity index (χ0v) is 28.9. The Hall–Kier alpha value is -4.54. The molecule has 0 spiro atoms. The molecule has 240 valence electrons. The Kier molecular flexibility index (Phi) is 10.2. The first kappa shape index (κ1) is 33.4. The number of fused-ring (bicyclic) bond motifs is 5. The second kappa shape index (κ2) is 14.7. The lowest BCUT2D eigenvalue weighted by Gasteiger charge is -2.20.